The number of benzene rings is 1. The van der Waals surface area contributed by atoms with Crippen LogP contribution < -0.4 is 0 Å². The lowest BCUT2D eigenvalue weighted by Crippen LogP contribution is -1.91. The molecule has 1 heterocycles. The van der Waals surface area contributed by atoms with E-state index in [0.29, 0.717) is 14.8 Å². The Bertz CT molecular complexity index is 573. The van der Waals surface area contributed by atoms with Gasteiger partial charge in [0.15, 0.2) is 4.77 Å². The van der Waals surface area contributed by atoms with E-state index in [1.165, 1.54) is 0 Å². The first-order chi connectivity index (χ1) is 7.56. The Labute approximate surface area is 108 Å². The predicted molar refractivity (Wildman–Crippen MR) is 69.6 cm³/mol. The number of aromatic amines is 1. The third-order valence-corrected chi connectivity index (χ3v) is 2.80. The first-order valence-corrected chi connectivity index (χ1v) is 5.75. The van der Waals surface area contributed by atoms with Gasteiger partial charge in [-0.05, 0) is 42.9 Å². The normalized spacial score (nSPS) is 10.4. The van der Waals surface area contributed by atoms with E-state index in [-0.39, 0.29) is 0 Å². The number of rotatable bonds is 1. The summed E-state index contributed by atoms with van der Waals surface area (Å²) in [7, 11) is 0. The molecule has 2 nitrogen and oxygen atoms in total. The molecule has 0 radical (unpaired) electrons. The molecule has 1 aromatic carbocycles. The summed E-state index contributed by atoms with van der Waals surface area (Å²) in [6, 6.07) is 5.36. The summed E-state index contributed by atoms with van der Waals surface area (Å²) in [5, 5.41) is 1.19. The van der Waals surface area contributed by atoms with E-state index in [4.69, 9.17) is 35.4 Å². The van der Waals surface area contributed by atoms with Crippen molar-refractivity contribution in [1.82, 2.24) is 9.97 Å². The standard InChI is InChI=1S/C11H8Cl2N2S/c1-6-5-14-11(16)15-10(6)7-2-8(12)4-9(13)3-7/h2-5H,1H3,(H,14,15,16). The summed E-state index contributed by atoms with van der Waals surface area (Å²) in [5.41, 5.74) is 2.79. The Hall–Kier alpha value is -0.900. The van der Waals surface area contributed by atoms with Gasteiger partial charge < -0.3 is 4.98 Å². The average Bonchev–Trinajstić information content (AvgIpc) is 2.20. The molecule has 0 aliphatic heterocycles. The maximum absolute atomic E-state index is 5.95. The second-order valence-electron chi connectivity index (χ2n) is 3.40. The SMILES string of the molecule is Cc1cnc(=S)[nH]c1-c1cc(Cl)cc(Cl)c1. The van der Waals surface area contributed by atoms with Gasteiger partial charge in [0.1, 0.15) is 0 Å². The van der Waals surface area contributed by atoms with E-state index in [1.54, 1.807) is 12.3 Å². The van der Waals surface area contributed by atoms with Gasteiger partial charge in [0.05, 0.1) is 5.69 Å². The Morgan fingerprint density at radius 3 is 2.44 bits per heavy atom. The fourth-order valence-corrected chi connectivity index (χ4v) is 2.14. The molecule has 2 aromatic rings. The second kappa shape index (κ2) is 4.53. The van der Waals surface area contributed by atoms with Crippen molar-refractivity contribution in [3.05, 3.63) is 44.8 Å². The van der Waals surface area contributed by atoms with Gasteiger partial charge in [-0.1, -0.05) is 23.2 Å². The number of nitrogens with one attached hydrogen (secondary N) is 1. The summed E-state index contributed by atoms with van der Waals surface area (Å²) >= 11 is 16.9. The molecule has 0 spiro atoms. The molecule has 0 aliphatic carbocycles. The van der Waals surface area contributed by atoms with E-state index in [2.05, 4.69) is 9.97 Å². The van der Waals surface area contributed by atoms with Gasteiger partial charge in [0.2, 0.25) is 0 Å². The Balaban J connectivity index is 2.66. The number of hydrogen-bond donors (Lipinski definition) is 1. The molecular formula is C11H8Cl2N2S. The number of H-pyrrole nitrogens is 1. The van der Waals surface area contributed by atoms with Gasteiger partial charge in [0.25, 0.3) is 0 Å². The first kappa shape index (κ1) is 11.6. The number of aromatic nitrogens is 2. The van der Waals surface area contributed by atoms with Gasteiger partial charge >= 0.3 is 0 Å². The molecular weight excluding hydrogens is 263 g/mol. The minimum absolute atomic E-state index is 0.441. The van der Waals surface area contributed by atoms with Gasteiger partial charge in [-0.3, -0.25) is 0 Å². The highest BCUT2D eigenvalue weighted by atomic mass is 35.5. The highest BCUT2D eigenvalue weighted by molar-refractivity contribution is 7.71. The maximum atomic E-state index is 5.95. The van der Waals surface area contributed by atoms with Crippen molar-refractivity contribution in [2.24, 2.45) is 0 Å². The summed E-state index contributed by atoms with van der Waals surface area (Å²) in [6.45, 7) is 1.95. The van der Waals surface area contributed by atoms with Crippen molar-refractivity contribution in [3.63, 3.8) is 0 Å². The number of aryl methyl sites for hydroxylation is 1. The Morgan fingerprint density at radius 2 is 1.81 bits per heavy atom. The molecule has 0 aliphatic rings. The monoisotopic (exact) mass is 270 g/mol. The second-order valence-corrected chi connectivity index (χ2v) is 4.66. The van der Waals surface area contributed by atoms with E-state index < -0.39 is 0 Å². The molecule has 2 rings (SSSR count). The zero-order valence-corrected chi connectivity index (χ0v) is 10.7. The summed E-state index contributed by atoms with van der Waals surface area (Å²) in [5.74, 6) is 0. The van der Waals surface area contributed by atoms with E-state index in [0.717, 1.165) is 16.8 Å². The molecule has 0 bridgehead atoms. The zero-order valence-electron chi connectivity index (χ0n) is 8.42. The van der Waals surface area contributed by atoms with Crippen molar-refractivity contribution in [2.75, 3.05) is 0 Å². The van der Waals surface area contributed by atoms with Crippen LogP contribution in [0.3, 0.4) is 0 Å². The van der Waals surface area contributed by atoms with Crippen molar-refractivity contribution in [2.45, 2.75) is 6.92 Å². The quantitative estimate of drug-likeness (QED) is 0.778. The first-order valence-electron chi connectivity index (χ1n) is 4.58. The third kappa shape index (κ3) is 2.43. The van der Waals surface area contributed by atoms with Crippen LogP contribution in [0, 0.1) is 11.7 Å². The molecule has 0 saturated heterocycles. The van der Waals surface area contributed by atoms with Gasteiger partial charge in [-0.15, -0.1) is 0 Å². The largest absolute Gasteiger partial charge is 0.330 e. The summed E-state index contributed by atoms with van der Waals surface area (Å²) in [4.78, 5) is 7.04. The van der Waals surface area contributed by atoms with Crippen LogP contribution >= 0.6 is 35.4 Å². The predicted octanol–water partition coefficient (Wildman–Crippen LogP) is 4.42. The number of halogens is 2. The van der Waals surface area contributed by atoms with Gasteiger partial charge in [-0.2, -0.15) is 0 Å². The van der Waals surface area contributed by atoms with E-state index in [1.807, 2.05) is 19.1 Å². The van der Waals surface area contributed by atoms with Gasteiger partial charge in [0, 0.05) is 21.8 Å². The van der Waals surface area contributed by atoms with Crippen LogP contribution in [0.15, 0.2) is 24.4 Å². The lowest BCUT2D eigenvalue weighted by molar-refractivity contribution is 1.11. The highest BCUT2D eigenvalue weighted by Crippen LogP contribution is 2.27. The van der Waals surface area contributed by atoms with Crippen LogP contribution in [0.2, 0.25) is 10.0 Å². The van der Waals surface area contributed by atoms with Crippen molar-refractivity contribution >= 4 is 35.4 Å². The zero-order chi connectivity index (χ0) is 11.7. The number of hydrogen-bond acceptors (Lipinski definition) is 2. The number of nitrogens with zero attached hydrogens (tertiary/aromatic N) is 1. The van der Waals surface area contributed by atoms with E-state index >= 15 is 0 Å². The van der Waals surface area contributed by atoms with Crippen LogP contribution in [-0.4, -0.2) is 9.97 Å². The molecule has 0 saturated carbocycles. The molecule has 1 aromatic heterocycles. The summed E-state index contributed by atoms with van der Waals surface area (Å²) in [6.07, 6.45) is 1.73. The molecule has 5 heteroatoms. The topological polar surface area (TPSA) is 28.7 Å². The van der Waals surface area contributed by atoms with Crippen molar-refractivity contribution in [3.8, 4) is 11.3 Å². The summed E-state index contributed by atoms with van der Waals surface area (Å²) < 4.78 is 0.441. The molecule has 16 heavy (non-hydrogen) atoms. The Morgan fingerprint density at radius 1 is 1.19 bits per heavy atom. The third-order valence-electron chi connectivity index (χ3n) is 2.15. The molecule has 82 valence electrons. The average molecular weight is 271 g/mol. The van der Waals surface area contributed by atoms with Crippen LogP contribution in [0.1, 0.15) is 5.56 Å². The van der Waals surface area contributed by atoms with Crippen molar-refractivity contribution in [1.29, 1.82) is 0 Å². The van der Waals surface area contributed by atoms with Crippen LogP contribution in [0.5, 0.6) is 0 Å². The fraction of sp³-hybridized carbons (Fsp3) is 0.0909. The maximum Gasteiger partial charge on any atom is 0.197 e. The lowest BCUT2D eigenvalue weighted by atomic mass is 10.1. The lowest BCUT2D eigenvalue weighted by Gasteiger charge is -2.06. The Kier molecular flexibility index (Phi) is 3.28. The molecule has 0 unspecified atom stereocenters. The molecule has 1 N–H and O–H groups in total. The van der Waals surface area contributed by atoms with Crippen LogP contribution in [-0.2, 0) is 0 Å². The molecule has 0 atom stereocenters. The highest BCUT2D eigenvalue weighted by Gasteiger charge is 2.05. The van der Waals surface area contributed by atoms with Crippen LogP contribution in [0.4, 0.5) is 0 Å². The smallest absolute Gasteiger partial charge is 0.197 e. The minimum Gasteiger partial charge on any atom is -0.330 e. The van der Waals surface area contributed by atoms with E-state index in [9.17, 15) is 0 Å². The fourth-order valence-electron chi connectivity index (χ4n) is 1.46. The molecule has 0 amide bonds. The van der Waals surface area contributed by atoms with Gasteiger partial charge in [-0.25, -0.2) is 4.98 Å². The molecule has 0 fully saturated rings. The van der Waals surface area contributed by atoms with Crippen LogP contribution in [0.25, 0.3) is 11.3 Å². The van der Waals surface area contributed by atoms with Crippen molar-refractivity contribution < 1.29 is 0 Å². The minimum atomic E-state index is 0.441.